The summed E-state index contributed by atoms with van der Waals surface area (Å²) in [5.41, 5.74) is 4.95. The first-order valence-corrected chi connectivity index (χ1v) is 12.2. The monoisotopic (exact) mass is 479 g/mol. The highest BCUT2D eigenvalue weighted by Crippen LogP contribution is 2.35. The SMILES string of the molecule is O=[N+]([O-])c1ccc(N2CCN(Cc3ccncc3)CC2)cc1NC(c1ccccc1)c1ccccc1. The number of aromatic nitrogens is 1. The Bertz CT molecular complexity index is 1240. The van der Waals surface area contributed by atoms with Crippen LogP contribution in [-0.4, -0.2) is 41.0 Å². The van der Waals surface area contributed by atoms with Gasteiger partial charge in [-0.3, -0.25) is 20.0 Å². The van der Waals surface area contributed by atoms with Gasteiger partial charge in [-0.05, 0) is 41.0 Å². The van der Waals surface area contributed by atoms with Crippen molar-refractivity contribution < 1.29 is 4.92 Å². The van der Waals surface area contributed by atoms with Gasteiger partial charge in [-0.15, -0.1) is 0 Å². The molecule has 7 nitrogen and oxygen atoms in total. The molecule has 1 N–H and O–H groups in total. The van der Waals surface area contributed by atoms with Crippen LogP contribution < -0.4 is 10.2 Å². The molecule has 0 bridgehead atoms. The number of nitrogens with one attached hydrogen (secondary N) is 1. The molecule has 0 radical (unpaired) electrons. The quantitative estimate of drug-likeness (QED) is 0.265. The zero-order valence-electron chi connectivity index (χ0n) is 20.0. The van der Waals surface area contributed by atoms with Gasteiger partial charge in [0, 0.05) is 56.9 Å². The van der Waals surface area contributed by atoms with Crippen LogP contribution in [0, 0.1) is 10.1 Å². The Morgan fingerprint density at radius 2 is 1.44 bits per heavy atom. The minimum absolute atomic E-state index is 0.0759. The van der Waals surface area contributed by atoms with E-state index in [1.165, 1.54) is 5.56 Å². The lowest BCUT2D eigenvalue weighted by molar-refractivity contribution is -0.384. The molecular weight excluding hydrogens is 450 g/mol. The summed E-state index contributed by atoms with van der Waals surface area (Å²) in [5.74, 6) is 0. The number of hydrogen-bond donors (Lipinski definition) is 1. The van der Waals surface area contributed by atoms with Gasteiger partial charge in [0.2, 0.25) is 0 Å². The Morgan fingerprint density at radius 3 is 2.03 bits per heavy atom. The third kappa shape index (κ3) is 5.53. The maximum atomic E-state index is 11.9. The Hall–Kier alpha value is -4.23. The van der Waals surface area contributed by atoms with Crippen molar-refractivity contribution in [3.05, 3.63) is 130 Å². The second-order valence-corrected chi connectivity index (χ2v) is 8.98. The van der Waals surface area contributed by atoms with E-state index in [9.17, 15) is 10.1 Å². The van der Waals surface area contributed by atoms with Crippen molar-refractivity contribution in [2.24, 2.45) is 0 Å². The number of rotatable bonds is 8. The van der Waals surface area contributed by atoms with Crippen molar-refractivity contribution in [2.45, 2.75) is 12.6 Å². The van der Waals surface area contributed by atoms with Crippen molar-refractivity contribution >= 4 is 17.1 Å². The number of hydrogen-bond acceptors (Lipinski definition) is 6. The molecule has 2 heterocycles. The zero-order valence-corrected chi connectivity index (χ0v) is 20.0. The van der Waals surface area contributed by atoms with Crippen LogP contribution in [0.1, 0.15) is 22.7 Å². The molecule has 3 aromatic carbocycles. The number of nitro benzene ring substituents is 1. The van der Waals surface area contributed by atoms with Crippen molar-refractivity contribution in [2.75, 3.05) is 36.4 Å². The molecular formula is C29H29N5O2. The summed E-state index contributed by atoms with van der Waals surface area (Å²) in [6.07, 6.45) is 3.66. The van der Waals surface area contributed by atoms with Gasteiger partial charge in [-0.1, -0.05) is 60.7 Å². The van der Waals surface area contributed by atoms with Crippen LogP contribution in [0.15, 0.2) is 103 Å². The highest BCUT2D eigenvalue weighted by atomic mass is 16.6. The number of piperazine rings is 1. The van der Waals surface area contributed by atoms with Gasteiger partial charge in [0.1, 0.15) is 5.69 Å². The fourth-order valence-corrected chi connectivity index (χ4v) is 4.71. The predicted molar refractivity (Wildman–Crippen MR) is 143 cm³/mol. The number of nitrogens with zero attached hydrogens (tertiary/aromatic N) is 4. The average Bonchev–Trinajstić information content (AvgIpc) is 2.93. The lowest BCUT2D eigenvalue weighted by Gasteiger charge is -2.36. The molecule has 0 saturated carbocycles. The summed E-state index contributed by atoms with van der Waals surface area (Å²) < 4.78 is 0. The largest absolute Gasteiger partial charge is 0.369 e. The van der Waals surface area contributed by atoms with Crippen LogP contribution in [-0.2, 0) is 6.54 Å². The van der Waals surface area contributed by atoms with Gasteiger partial charge < -0.3 is 10.2 Å². The van der Waals surface area contributed by atoms with E-state index in [0.717, 1.165) is 49.5 Å². The van der Waals surface area contributed by atoms with E-state index in [0.29, 0.717) is 5.69 Å². The smallest absolute Gasteiger partial charge is 0.292 e. The third-order valence-electron chi connectivity index (χ3n) is 6.64. The Labute approximate surface area is 211 Å². The van der Waals surface area contributed by atoms with Crippen molar-refractivity contribution in [1.29, 1.82) is 0 Å². The van der Waals surface area contributed by atoms with Crippen LogP contribution in [0.5, 0.6) is 0 Å². The summed E-state index contributed by atoms with van der Waals surface area (Å²) in [7, 11) is 0. The van der Waals surface area contributed by atoms with Gasteiger partial charge in [0.15, 0.2) is 0 Å². The standard InChI is InChI=1S/C29H29N5O2/c35-34(36)28-12-11-26(33-19-17-32(18-20-33)22-23-13-15-30-16-14-23)21-27(28)31-29(24-7-3-1-4-8-24)25-9-5-2-6-10-25/h1-16,21,29,31H,17-20,22H2. The van der Waals surface area contributed by atoms with Crippen LogP contribution in [0.25, 0.3) is 0 Å². The molecule has 4 aromatic rings. The molecule has 0 unspecified atom stereocenters. The third-order valence-corrected chi connectivity index (χ3v) is 6.64. The topological polar surface area (TPSA) is 74.5 Å². The molecule has 1 fully saturated rings. The zero-order chi connectivity index (χ0) is 24.7. The minimum atomic E-state index is -0.314. The van der Waals surface area contributed by atoms with Crippen LogP contribution in [0.2, 0.25) is 0 Å². The van der Waals surface area contributed by atoms with Crippen LogP contribution in [0.3, 0.4) is 0 Å². The Kier molecular flexibility index (Phi) is 7.19. The molecule has 1 aliphatic rings. The van der Waals surface area contributed by atoms with Gasteiger partial charge in [-0.2, -0.15) is 0 Å². The van der Waals surface area contributed by atoms with E-state index in [2.05, 4.69) is 32.2 Å². The lowest BCUT2D eigenvalue weighted by atomic mass is 9.98. The summed E-state index contributed by atoms with van der Waals surface area (Å²) >= 11 is 0. The molecule has 5 rings (SSSR count). The minimum Gasteiger partial charge on any atom is -0.369 e. The highest BCUT2D eigenvalue weighted by molar-refractivity contribution is 5.70. The maximum Gasteiger partial charge on any atom is 0.292 e. The summed E-state index contributed by atoms with van der Waals surface area (Å²) in [5, 5.41) is 15.4. The summed E-state index contributed by atoms with van der Waals surface area (Å²) in [6.45, 7) is 4.49. The molecule has 1 aromatic heterocycles. The average molecular weight is 480 g/mol. The van der Waals surface area contributed by atoms with Crippen LogP contribution in [0.4, 0.5) is 17.1 Å². The number of nitro groups is 1. The molecule has 1 aliphatic heterocycles. The Balaban J connectivity index is 1.37. The fraction of sp³-hybridized carbons (Fsp3) is 0.207. The molecule has 0 amide bonds. The first kappa shape index (κ1) is 23.5. The number of anilines is 2. The summed E-state index contributed by atoms with van der Waals surface area (Å²) in [6, 6.07) is 29.4. The fourth-order valence-electron chi connectivity index (χ4n) is 4.71. The van der Waals surface area contributed by atoms with E-state index in [1.54, 1.807) is 6.07 Å². The van der Waals surface area contributed by atoms with E-state index >= 15 is 0 Å². The highest BCUT2D eigenvalue weighted by Gasteiger charge is 2.23. The van der Waals surface area contributed by atoms with Crippen molar-refractivity contribution in [3.63, 3.8) is 0 Å². The molecule has 0 atom stereocenters. The predicted octanol–water partition coefficient (Wildman–Crippen LogP) is 5.51. The van der Waals surface area contributed by atoms with E-state index < -0.39 is 0 Å². The lowest BCUT2D eigenvalue weighted by Crippen LogP contribution is -2.46. The van der Waals surface area contributed by atoms with Crippen molar-refractivity contribution in [1.82, 2.24) is 9.88 Å². The van der Waals surface area contributed by atoms with E-state index in [1.807, 2.05) is 85.2 Å². The second kappa shape index (κ2) is 11.0. The maximum absolute atomic E-state index is 11.9. The normalized spacial score (nSPS) is 14.1. The molecule has 1 saturated heterocycles. The van der Waals surface area contributed by atoms with E-state index in [4.69, 9.17) is 0 Å². The van der Waals surface area contributed by atoms with Crippen molar-refractivity contribution in [3.8, 4) is 0 Å². The molecule has 36 heavy (non-hydrogen) atoms. The first-order chi connectivity index (χ1) is 17.7. The van der Waals surface area contributed by atoms with Gasteiger partial charge in [-0.25, -0.2) is 0 Å². The second-order valence-electron chi connectivity index (χ2n) is 8.98. The molecule has 0 aliphatic carbocycles. The first-order valence-electron chi connectivity index (χ1n) is 12.2. The Morgan fingerprint density at radius 1 is 0.833 bits per heavy atom. The van der Waals surface area contributed by atoms with Gasteiger partial charge >= 0.3 is 0 Å². The van der Waals surface area contributed by atoms with Crippen LogP contribution >= 0.6 is 0 Å². The number of benzene rings is 3. The molecule has 182 valence electrons. The van der Waals surface area contributed by atoms with E-state index in [-0.39, 0.29) is 16.7 Å². The molecule has 0 spiro atoms. The van der Waals surface area contributed by atoms with Gasteiger partial charge in [0.05, 0.1) is 11.0 Å². The number of pyridine rings is 1. The van der Waals surface area contributed by atoms with Gasteiger partial charge in [0.25, 0.3) is 5.69 Å². The molecule has 7 heteroatoms. The summed E-state index contributed by atoms with van der Waals surface area (Å²) in [4.78, 5) is 20.4.